The molecule has 0 aliphatic rings. The number of aliphatic hydroxyl groups is 1. The predicted molar refractivity (Wildman–Crippen MR) is 212 cm³/mol. The van der Waals surface area contributed by atoms with Gasteiger partial charge in [-0.05, 0) is 12.8 Å². The molecule has 1 amide bonds. The second-order valence-electron chi connectivity index (χ2n) is 16.1. The molecular weight excluding hydrogens is 647 g/mol. The van der Waals surface area contributed by atoms with Gasteiger partial charge in [0, 0.05) is 6.42 Å². The van der Waals surface area contributed by atoms with Crippen molar-refractivity contribution in [3.05, 3.63) is 0 Å². The summed E-state index contributed by atoms with van der Waals surface area (Å²) in [6, 6.07) is -0.751. The third kappa shape index (κ3) is 35.9. The van der Waals surface area contributed by atoms with Gasteiger partial charge in [-0.3, -0.25) is 13.8 Å². The quantitative estimate of drug-likeness (QED) is 0.0330. The number of hydrogen-bond donors (Lipinski definition) is 3. The van der Waals surface area contributed by atoms with Crippen molar-refractivity contribution in [1.82, 2.24) is 5.32 Å². The van der Waals surface area contributed by atoms with Gasteiger partial charge in [0.15, 0.2) is 0 Å². The summed E-state index contributed by atoms with van der Waals surface area (Å²) in [5, 5.41) is 13.9. The molecule has 9 heteroatoms. The Morgan fingerprint density at radius 1 is 0.600 bits per heavy atom. The number of hydrogen-bond acceptors (Lipinski definition) is 5. The van der Waals surface area contributed by atoms with Crippen LogP contribution in [0.1, 0.15) is 206 Å². The molecule has 3 N–H and O–H groups in total. The summed E-state index contributed by atoms with van der Waals surface area (Å²) < 4.78 is 23.6. The molecule has 8 nitrogen and oxygen atoms in total. The number of quaternary nitrogens is 1. The Balaban J connectivity index is 4.36. The largest absolute Gasteiger partial charge is 0.472 e. The van der Waals surface area contributed by atoms with Crippen LogP contribution in [-0.4, -0.2) is 73.4 Å². The number of carbonyl (C=O) groups excluding carboxylic acids is 1. The van der Waals surface area contributed by atoms with Gasteiger partial charge in [-0.2, -0.15) is 0 Å². The number of rotatable bonds is 39. The van der Waals surface area contributed by atoms with Crippen LogP contribution in [0.15, 0.2) is 0 Å². The first-order valence-electron chi connectivity index (χ1n) is 21.4. The highest BCUT2D eigenvalue weighted by Gasteiger charge is 2.28. The fourth-order valence-electron chi connectivity index (χ4n) is 6.40. The molecule has 0 saturated carbocycles. The van der Waals surface area contributed by atoms with Crippen LogP contribution in [-0.2, 0) is 18.4 Å². The molecule has 0 aromatic carbocycles. The van der Waals surface area contributed by atoms with Crippen molar-refractivity contribution in [2.24, 2.45) is 0 Å². The molecule has 0 aliphatic carbocycles. The Hall–Kier alpha value is -0.500. The fraction of sp³-hybridized carbons (Fsp3) is 0.976. The first-order valence-corrected chi connectivity index (χ1v) is 22.9. The molecule has 3 atom stereocenters. The smallest absolute Gasteiger partial charge is 0.391 e. The normalized spacial score (nSPS) is 14.5. The lowest BCUT2D eigenvalue weighted by Crippen LogP contribution is -2.46. The molecule has 0 spiro atoms. The van der Waals surface area contributed by atoms with E-state index in [1.807, 2.05) is 21.1 Å². The molecule has 0 fully saturated rings. The summed E-state index contributed by atoms with van der Waals surface area (Å²) in [6.45, 7) is 4.89. The molecule has 300 valence electrons. The van der Waals surface area contributed by atoms with Crippen LogP contribution in [0.4, 0.5) is 0 Å². The Bertz CT molecular complexity index is 794. The van der Waals surface area contributed by atoms with Crippen molar-refractivity contribution in [2.45, 2.75) is 219 Å². The minimum atomic E-state index is -4.30. The van der Waals surface area contributed by atoms with E-state index >= 15 is 0 Å². The van der Waals surface area contributed by atoms with Crippen LogP contribution in [0.5, 0.6) is 0 Å². The molecule has 0 aliphatic heterocycles. The van der Waals surface area contributed by atoms with E-state index in [9.17, 15) is 19.4 Å². The second kappa shape index (κ2) is 34.3. The van der Waals surface area contributed by atoms with Crippen LogP contribution < -0.4 is 5.32 Å². The zero-order chi connectivity index (χ0) is 37.2. The topological polar surface area (TPSA) is 105 Å². The number of likely N-dealkylation sites (N-methyl/N-ethyl adjacent to an activating group) is 1. The maximum absolute atomic E-state index is 12.8. The Morgan fingerprint density at radius 3 is 1.34 bits per heavy atom. The van der Waals surface area contributed by atoms with Crippen molar-refractivity contribution >= 4 is 13.7 Å². The number of phosphoric acid groups is 1. The molecule has 3 unspecified atom stereocenters. The second-order valence-corrected chi connectivity index (χ2v) is 17.5. The number of nitrogens with one attached hydrogen (secondary N) is 1. The highest BCUT2D eigenvalue weighted by atomic mass is 31.2. The third-order valence-corrected chi connectivity index (χ3v) is 10.8. The summed E-state index contributed by atoms with van der Waals surface area (Å²) in [4.78, 5) is 23.1. The standard InChI is InChI=1S/C41H85N2O6P/c1-6-8-10-12-14-16-18-20-21-23-25-27-29-31-33-35-41(45)42-39(38-49-50(46,47)48-37-36-43(3,4)5)40(44)34-32-30-28-26-24-22-19-17-15-13-11-9-7-2/h39-40,44H,6-38H2,1-5H3,(H-,42,45,46,47)/p+1. The minimum Gasteiger partial charge on any atom is -0.391 e. The predicted octanol–water partition coefficient (Wildman–Crippen LogP) is 11.4. The number of aliphatic hydroxyl groups excluding tert-OH is 1. The van der Waals surface area contributed by atoms with Crippen molar-refractivity contribution in [3.63, 3.8) is 0 Å². The maximum Gasteiger partial charge on any atom is 0.472 e. The molecule has 0 rings (SSSR count). The van der Waals surface area contributed by atoms with Crippen LogP contribution in [0.25, 0.3) is 0 Å². The summed E-state index contributed by atoms with van der Waals surface area (Å²) in [5.74, 6) is -0.142. The van der Waals surface area contributed by atoms with Crippen LogP contribution in [0.3, 0.4) is 0 Å². The fourth-order valence-corrected chi connectivity index (χ4v) is 7.13. The monoisotopic (exact) mass is 734 g/mol. The Kier molecular flexibility index (Phi) is 33.9. The van der Waals surface area contributed by atoms with Gasteiger partial charge in [-0.1, -0.05) is 187 Å². The first-order chi connectivity index (χ1) is 24.0. The zero-order valence-electron chi connectivity index (χ0n) is 33.9. The van der Waals surface area contributed by atoms with E-state index in [1.54, 1.807) is 0 Å². The average molecular weight is 734 g/mol. The number of carbonyl (C=O) groups is 1. The van der Waals surface area contributed by atoms with E-state index in [0.717, 1.165) is 38.5 Å². The first kappa shape index (κ1) is 49.5. The summed E-state index contributed by atoms with van der Waals surface area (Å²) in [7, 11) is 1.63. The Labute approximate surface area is 310 Å². The summed E-state index contributed by atoms with van der Waals surface area (Å²) in [5.41, 5.74) is 0. The van der Waals surface area contributed by atoms with Gasteiger partial charge in [0.25, 0.3) is 0 Å². The molecule has 0 aromatic rings. The molecule has 0 aromatic heterocycles. The Morgan fingerprint density at radius 2 is 0.960 bits per heavy atom. The summed E-state index contributed by atoms with van der Waals surface area (Å²) in [6.07, 6.45) is 35.4. The third-order valence-electron chi connectivity index (χ3n) is 9.86. The van der Waals surface area contributed by atoms with Crippen molar-refractivity contribution in [3.8, 4) is 0 Å². The number of nitrogens with zero attached hydrogens (tertiary/aromatic N) is 1. The highest BCUT2D eigenvalue weighted by Crippen LogP contribution is 2.43. The van der Waals surface area contributed by atoms with Gasteiger partial charge >= 0.3 is 7.82 Å². The SMILES string of the molecule is CCCCCCCCCCCCCCCCCC(=O)NC(COP(=O)(O)OCC[N+](C)(C)C)C(O)CCCCCCCCCCCCCCC. The maximum atomic E-state index is 12.8. The van der Waals surface area contributed by atoms with Crippen molar-refractivity contribution in [2.75, 3.05) is 40.9 Å². The van der Waals surface area contributed by atoms with Crippen molar-refractivity contribution < 1.29 is 32.9 Å². The van der Waals surface area contributed by atoms with Gasteiger partial charge in [0.2, 0.25) is 5.91 Å². The van der Waals surface area contributed by atoms with Crippen LogP contribution in [0.2, 0.25) is 0 Å². The zero-order valence-corrected chi connectivity index (χ0v) is 34.8. The molecule has 50 heavy (non-hydrogen) atoms. The van der Waals surface area contributed by atoms with Crippen LogP contribution >= 0.6 is 7.82 Å². The van der Waals surface area contributed by atoms with Crippen LogP contribution in [0, 0.1) is 0 Å². The lowest BCUT2D eigenvalue weighted by molar-refractivity contribution is -0.870. The minimum absolute atomic E-state index is 0.0784. The lowest BCUT2D eigenvalue weighted by atomic mass is 10.0. The van der Waals surface area contributed by atoms with Gasteiger partial charge in [-0.25, -0.2) is 4.57 Å². The lowest BCUT2D eigenvalue weighted by Gasteiger charge is -2.26. The van der Waals surface area contributed by atoms with Gasteiger partial charge < -0.3 is 19.8 Å². The van der Waals surface area contributed by atoms with E-state index in [4.69, 9.17) is 9.05 Å². The highest BCUT2D eigenvalue weighted by molar-refractivity contribution is 7.47. The average Bonchev–Trinajstić information content (AvgIpc) is 3.06. The molecular formula is C41H86N2O6P+. The molecule has 0 heterocycles. The molecule has 0 saturated heterocycles. The van der Waals surface area contributed by atoms with E-state index in [0.29, 0.717) is 23.9 Å². The van der Waals surface area contributed by atoms with Gasteiger partial charge in [0.1, 0.15) is 13.2 Å². The summed E-state index contributed by atoms with van der Waals surface area (Å²) >= 11 is 0. The molecule has 0 radical (unpaired) electrons. The van der Waals surface area contributed by atoms with E-state index in [2.05, 4.69) is 19.2 Å². The molecule has 0 bridgehead atoms. The number of amides is 1. The number of unbranched alkanes of at least 4 members (excludes halogenated alkanes) is 26. The van der Waals surface area contributed by atoms with Gasteiger partial charge in [0.05, 0.1) is 39.9 Å². The number of phosphoric ester groups is 1. The van der Waals surface area contributed by atoms with E-state index < -0.39 is 20.0 Å². The van der Waals surface area contributed by atoms with E-state index in [-0.39, 0.29) is 19.1 Å². The van der Waals surface area contributed by atoms with Gasteiger partial charge in [-0.15, -0.1) is 0 Å². The van der Waals surface area contributed by atoms with E-state index in [1.165, 1.54) is 141 Å². The van der Waals surface area contributed by atoms with Crippen molar-refractivity contribution in [1.29, 1.82) is 0 Å².